The van der Waals surface area contributed by atoms with Crippen molar-refractivity contribution in [2.45, 2.75) is 6.42 Å². The number of hydrogen-bond acceptors (Lipinski definition) is 7. The van der Waals surface area contributed by atoms with E-state index in [1.165, 1.54) is 19.2 Å². The molecule has 0 aliphatic carbocycles. The lowest BCUT2D eigenvalue weighted by Crippen LogP contribution is -2.48. The van der Waals surface area contributed by atoms with Gasteiger partial charge in [0.1, 0.15) is 5.82 Å². The van der Waals surface area contributed by atoms with Crippen LogP contribution in [0.2, 0.25) is 0 Å². The molecule has 3 aromatic rings. The zero-order valence-corrected chi connectivity index (χ0v) is 23.9. The summed E-state index contributed by atoms with van der Waals surface area (Å²) >= 11 is 0. The van der Waals surface area contributed by atoms with Crippen molar-refractivity contribution in [2.75, 3.05) is 69.5 Å². The number of esters is 1. The van der Waals surface area contributed by atoms with E-state index in [4.69, 9.17) is 4.74 Å². The van der Waals surface area contributed by atoms with Gasteiger partial charge in [-0.1, -0.05) is 18.2 Å². The first-order valence-corrected chi connectivity index (χ1v) is 13.8. The zero-order chi connectivity index (χ0) is 29.8. The molecule has 0 atom stereocenters. The average Bonchev–Trinajstić information content (AvgIpc) is 3.31. The molecular formula is C32H34FN5O4. The molecule has 2 aliphatic heterocycles. The van der Waals surface area contributed by atoms with E-state index in [0.29, 0.717) is 45.9 Å². The summed E-state index contributed by atoms with van der Waals surface area (Å²) < 4.78 is 18.8. The van der Waals surface area contributed by atoms with E-state index in [1.54, 1.807) is 24.1 Å². The molecule has 0 bridgehead atoms. The van der Waals surface area contributed by atoms with Crippen LogP contribution in [0.3, 0.4) is 0 Å². The lowest BCUT2D eigenvalue weighted by molar-refractivity contribution is -0.139. The Balaban J connectivity index is 1.43. The lowest BCUT2D eigenvalue weighted by atomic mass is 9.98. The molecular weight excluding hydrogens is 537 g/mol. The number of halogens is 1. The Morgan fingerprint density at radius 1 is 1.02 bits per heavy atom. The van der Waals surface area contributed by atoms with E-state index < -0.39 is 5.82 Å². The molecule has 2 aliphatic rings. The first-order chi connectivity index (χ1) is 20.2. The maximum atomic E-state index is 13.9. The second kappa shape index (κ2) is 12.5. The highest BCUT2D eigenvalue weighted by atomic mass is 19.1. The molecule has 2 N–H and O–H groups in total. The Morgan fingerprint density at radius 3 is 2.48 bits per heavy atom. The van der Waals surface area contributed by atoms with Gasteiger partial charge in [0.05, 0.1) is 37.0 Å². The number of fused-ring (bicyclic) bond motifs is 1. The van der Waals surface area contributed by atoms with Crippen LogP contribution in [0.15, 0.2) is 66.7 Å². The monoisotopic (exact) mass is 571 g/mol. The molecule has 1 saturated heterocycles. The van der Waals surface area contributed by atoms with Crippen molar-refractivity contribution in [3.8, 4) is 0 Å². The molecule has 5 rings (SSSR count). The lowest BCUT2D eigenvalue weighted by Gasteiger charge is -2.32. The van der Waals surface area contributed by atoms with E-state index in [0.717, 1.165) is 31.9 Å². The second-order valence-corrected chi connectivity index (χ2v) is 10.6. The van der Waals surface area contributed by atoms with Gasteiger partial charge in [-0.3, -0.25) is 19.3 Å². The fourth-order valence-corrected chi connectivity index (χ4v) is 5.11. The Labute approximate surface area is 244 Å². The summed E-state index contributed by atoms with van der Waals surface area (Å²) in [5, 5.41) is 6.13. The van der Waals surface area contributed by atoms with Crippen molar-refractivity contribution in [1.29, 1.82) is 0 Å². The minimum Gasteiger partial charge on any atom is -0.469 e. The summed E-state index contributed by atoms with van der Waals surface area (Å²) in [5.41, 5.74) is 4.61. The Kier molecular flexibility index (Phi) is 8.65. The molecule has 1 fully saturated rings. The number of likely N-dealkylation sites (N-methyl/N-ethyl adjacent to an activating group) is 2. The first-order valence-electron chi connectivity index (χ1n) is 13.8. The molecule has 3 aromatic carbocycles. The maximum Gasteiger partial charge on any atom is 0.309 e. The molecule has 9 nitrogen and oxygen atoms in total. The number of carbonyl (C=O) groups is 3. The third kappa shape index (κ3) is 6.50. The smallest absolute Gasteiger partial charge is 0.309 e. The number of amides is 2. The summed E-state index contributed by atoms with van der Waals surface area (Å²) in [6.07, 6.45) is 0.0735. The van der Waals surface area contributed by atoms with E-state index in [2.05, 4.69) is 27.5 Å². The number of anilines is 3. The number of nitrogens with zero attached hydrogens (tertiary/aromatic N) is 3. The zero-order valence-electron chi connectivity index (χ0n) is 23.9. The van der Waals surface area contributed by atoms with Crippen LogP contribution < -0.4 is 15.5 Å². The van der Waals surface area contributed by atoms with Crippen LogP contribution in [-0.2, 0) is 25.5 Å². The normalized spacial score (nSPS) is 16.4. The Morgan fingerprint density at radius 2 is 1.76 bits per heavy atom. The van der Waals surface area contributed by atoms with Crippen LogP contribution in [0.1, 0.15) is 16.7 Å². The molecule has 0 aromatic heterocycles. The van der Waals surface area contributed by atoms with E-state index in [-0.39, 0.29) is 24.2 Å². The van der Waals surface area contributed by atoms with Gasteiger partial charge in [0, 0.05) is 50.2 Å². The third-order valence-electron chi connectivity index (χ3n) is 7.62. The molecule has 0 unspecified atom stereocenters. The van der Waals surface area contributed by atoms with Crippen molar-refractivity contribution < 1.29 is 23.5 Å². The van der Waals surface area contributed by atoms with Crippen LogP contribution in [-0.4, -0.2) is 81.5 Å². The Hall–Kier alpha value is -4.54. The third-order valence-corrected chi connectivity index (χ3v) is 7.62. The van der Waals surface area contributed by atoms with Crippen LogP contribution in [0.4, 0.5) is 21.5 Å². The van der Waals surface area contributed by atoms with Gasteiger partial charge in [0.25, 0.3) is 5.91 Å². The molecule has 0 spiro atoms. The number of piperazine rings is 1. The SMILES string of the molecule is COC(=O)Cc1cccc(C(Nc2ccc(N(C)C(=O)CN3CCN(C)CC3)cc2)=C2C(=O)Nc3cc(F)ccc32)c1. The standard InChI is InChI=1S/C32H34FN5O4/c1-36-13-15-38(16-14-36)20-28(39)37(2)25-10-8-24(9-11-25)34-31(22-6-4-5-21(17-22)18-29(40)42-3)30-26-12-7-23(33)19-27(26)35-32(30)41/h4-12,17,19,34H,13-16,18,20H2,1-3H3,(H,35,41). The second-order valence-electron chi connectivity index (χ2n) is 10.6. The van der Waals surface area contributed by atoms with Crippen LogP contribution in [0.5, 0.6) is 0 Å². The van der Waals surface area contributed by atoms with E-state index in [9.17, 15) is 18.8 Å². The number of nitrogens with one attached hydrogen (secondary N) is 2. The van der Waals surface area contributed by atoms with Gasteiger partial charge in [0.2, 0.25) is 5.91 Å². The maximum absolute atomic E-state index is 13.9. The Bertz CT molecular complexity index is 1530. The van der Waals surface area contributed by atoms with Crippen molar-refractivity contribution in [2.24, 2.45) is 0 Å². The fourth-order valence-electron chi connectivity index (χ4n) is 5.11. The molecule has 10 heteroatoms. The first kappa shape index (κ1) is 29.0. The highest BCUT2D eigenvalue weighted by Gasteiger charge is 2.29. The predicted molar refractivity (Wildman–Crippen MR) is 161 cm³/mol. The van der Waals surface area contributed by atoms with Crippen molar-refractivity contribution in [3.05, 3.63) is 89.2 Å². The molecule has 0 radical (unpaired) electrons. The molecule has 2 heterocycles. The van der Waals surface area contributed by atoms with Gasteiger partial charge in [0.15, 0.2) is 0 Å². The van der Waals surface area contributed by atoms with Crippen LogP contribution in [0, 0.1) is 5.82 Å². The summed E-state index contributed by atoms with van der Waals surface area (Å²) in [5.74, 6) is -1.19. The molecule has 2 amide bonds. The fraction of sp³-hybridized carbons (Fsp3) is 0.281. The van der Waals surface area contributed by atoms with Gasteiger partial charge in [-0.05, 0) is 66.7 Å². The van der Waals surface area contributed by atoms with Gasteiger partial charge >= 0.3 is 5.97 Å². The number of hydrogen-bond donors (Lipinski definition) is 2. The minimum absolute atomic E-state index is 0.0111. The quantitative estimate of drug-likeness (QED) is 0.315. The topological polar surface area (TPSA) is 94.2 Å². The van der Waals surface area contributed by atoms with Gasteiger partial charge in [-0.2, -0.15) is 0 Å². The number of benzene rings is 3. The van der Waals surface area contributed by atoms with Crippen molar-refractivity contribution in [1.82, 2.24) is 9.80 Å². The number of ether oxygens (including phenoxy) is 1. The molecule has 0 saturated carbocycles. The van der Waals surface area contributed by atoms with Gasteiger partial charge < -0.3 is 25.2 Å². The highest BCUT2D eigenvalue weighted by Crippen LogP contribution is 2.38. The van der Waals surface area contributed by atoms with Crippen LogP contribution >= 0.6 is 0 Å². The van der Waals surface area contributed by atoms with Crippen molar-refractivity contribution >= 4 is 46.1 Å². The minimum atomic E-state index is -0.452. The predicted octanol–water partition coefficient (Wildman–Crippen LogP) is 3.68. The summed E-state index contributed by atoms with van der Waals surface area (Å²) in [6.45, 7) is 3.97. The summed E-state index contributed by atoms with van der Waals surface area (Å²) in [6, 6.07) is 18.8. The molecule has 42 heavy (non-hydrogen) atoms. The van der Waals surface area contributed by atoms with Crippen molar-refractivity contribution in [3.63, 3.8) is 0 Å². The summed E-state index contributed by atoms with van der Waals surface area (Å²) in [7, 11) is 5.18. The summed E-state index contributed by atoms with van der Waals surface area (Å²) in [4.78, 5) is 44.2. The van der Waals surface area contributed by atoms with E-state index >= 15 is 0 Å². The van der Waals surface area contributed by atoms with E-state index in [1.807, 2.05) is 42.5 Å². The molecule has 218 valence electrons. The van der Waals surface area contributed by atoms with Gasteiger partial charge in [-0.15, -0.1) is 0 Å². The number of methoxy groups -OCH3 is 1. The average molecular weight is 572 g/mol. The number of carbonyl (C=O) groups excluding carboxylic acids is 3. The van der Waals surface area contributed by atoms with Gasteiger partial charge in [-0.25, -0.2) is 4.39 Å². The van der Waals surface area contributed by atoms with Crippen LogP contribution in [0.25, 0.3) is 11.3 Å². The number of rotatable bonds is 8. The largest absolute Gasteiger partial charge is 0.469 e. The highest BCUT2D eigenvalue weighted by molar-refractivity contribution is 6.37.